The first-order chi connectivity index (χ1) is 8.84. The molecule has 0 spiro atoms. The van der Waals surface area contributed by atoms with Crippen molar-refractivity contribution in [2.75, 3.05) is 6.61 Å². The molecule has 2 heterocycles. The van der Waals surface area contributed by atoms with Gasteiger partial charge in [-0.25, -0.2) is 4.79 Å². The molecule has 0 saturated heterocycles. The van der Waals surface area contributed by atoms with E-state index in [9.17, 15) is 4.79 Å². The van der Waals surface area contributed by atoms with E-state index in [0.29, 0.717) is 13.2 Å². The standard InChI is InChI=1S/C13H13N3O2/c17-13(3-2-12-4-7-14-8-5-12)18-11-10-16-9-1-6-15-16/h1-9H,10-11H2. The summed E-state index contributed by atoms with van der Waals surface area (Å²) in [6.07, 6.45) is 9.94. The maximum absolute atomic E-state index is 11.4. The zero-order valence-corrected chi connectivity index (χ0v) is 9.77. The molecule has 0 radical (unpaired) electrons. The maximum Gasteiger partial charge on any atom is 0.330 e. The fourth-order valence-corrected chi connectivity index (χ4v) is 1.36. The fourth-order valence-electron chi connectivity index (χ4n) is 1.36. The minimum Gasteiger partial charge on any atom is -0.461 e. The molecular weight excluding hydrogens is 230 g/mol. The lowest BCUT2D eigenvalue weighted by molar-refractivity contribution is -0.138. The van der Waals surface area contributed by atoms with Crippen molar-refractivity contribution in [2.24, 2.45) is 0 Å². The van der Waals surface area contributed by atoms with Crippen LogP contribution in [-0.2, 0) is 16.1 Å². The summed E-state index contributed by atoms with van der Waals surface area (Å²) >= 11 is 0. The number of hydrogen-bond donors (Lipinski definition) is 0. The van der Waals surface area contributed by atoms with Gasteiger partial charge in [0, 0.05) is 30.9 Å². The summed E-state index contributed by atoms with van der Waals surface area (Å²) in [6.45, 7) is 0.864. The third kappa shape index (κ3) is 3.86. The van der Waals surface area contributed by atoms with Crippen LogP contribution in [0.25, 0.3) is 6.08 Å². The number of carbonyl (C=O) groups excluding carboxylic acids is 1. The summed E-state index contributed by atoms with van der Waals surface area (Å²) in [6, 6.07) is 5.45. The fraction of sp³-hybridized carbons (Fsp3) is 0.154. The Morgan fingerprint density at radius 1 is 1.33 bits per heavy atom. The first-order valence-electron chi connectivity index (χ1n) is 5.57. The molecule has 18 heavy (non-hydrogen) atoms. The highest BCUT2D eigenvalue weighted by molar-refractivity contribution is 5.86. The van der Waals surface area contributed by atoms with Gasteiger partial charge < -0.3 is 4.74 Å². The van der Waals surface area contributed by atoms with Gasteiger partial charge in [-0.2, -0.15) is 5.10 Å². The van der Waals surface area contributed by atoms with E-state index in [0.717, 1.165) is 5.56 Å². The van der Waals surface area contributed by atoms with Gasteiger partial charge in [0.05, 0.1) is 6.54 Å². The van der Waals surface area contributed by atoms with Crippen molar-refractivity contribution in [1.82, 2.24) is 14.8 Å². The summed E-state index contributed by atoms with van der Waals surface area (Å²) in [4.78, 5) is 15.3. The SMILES string of the molecule is O=C(C=Cc1ccncc1)OCCn1cccn1. The molecule has 2 aromatic heterocycles. The van der Waals surface area contributed by atoms with Crippen molar-refractivity contribution in [3.05, 3.63) is 54.6 Å². The Balaban J connectivity index is 1.74. The third-order valence-electron chi connectivity index (χ3n) is 2.24. The van der Waals surface area contributed by atoms with Crippen molar-refractivity contribution in [1.29, 1.82) is 0 Å². The van der Waals surface area contributed by atoms with E-state index in [4.69, 9.17) is 4.74 Å². The Morgan fingerprint density at radius 2 is 2.17 bits per heavy atom. The average Bonchev–Trinajstić information content (AvgIpc) is 2.91. The minimum absolute atomic E-state index is 0.307. The lowest BCUT2D eigenvalue weighted by atomic mass is 10.2. The second-order valence-electron chi connectivity index (χ2n) is 3.55. The molecule has 92 valence electrons. The number of esters is 1. The van der Waals surface area contributed by atoms with Gasteiger partial charge >= 0.3 is 5.97 Å². The topological polar surface area (TPSA) is 57.0 Å². The Morgan fingerprint density at radius 3 is 2.89 bits per heavy atom. The van der Waals surface area contributed by atoms with Crippen LogP contribution in [0.4, 0.5) is 0 Å². The molecular formula is C13H13N3O2. The number of aromatic nitrogens is 3. The van der Waals surface area contributed by atoms with E-state index in [1.165, 1.54) is 6.08 Å². The van der Waals surface area contributed by atoms with Gasteiger partial charge in [0.15, 0.2) is 0 Å². The number of carbonyl (C=O) groups is 1. The first-order valence-corrected chi connectivity index (χ1v) is 5.57. The molecule has 0 unspecified atom stereocenters. The lowest BCUT2D eigenvalue weighted by Gasteiger charge is -2.01. The smallest absolute Gasteiger partial charge is 0.330 e. The molecule has 0 aliphatic rings. The molecule has 5 heteroatoms. The van der Waals surface area contributed by atoms with Crippen molar-refractivity contribution in [3.8, 4) is 0 Å². The van der Waals surface area contributed by atoms with Gasteiger partial charge in [0.2, 0.25) is 0 Å². The van der Waals surface area contributed by atoms with Gasteiger partial charge in [-0.05, 0) is 29.8 Å². The van der Waals surface area contributed by atoms with E-state index < -0.39 is 0 Å². The Labute approximate surface area is 105 Å². The Hall–Kier alpha value is -2.43. The Bertz CT molecular complexity index is 506. The van der Waals surface area contributed by atoms with Crippen LogP contribution < -0.4 is 0 Å². The molecule has 0 atom stereocenters. The zero-order chi connectivity index (χ0) is 12.6. The largest absolute Gasteiger partial charge is 0.461 e. The highest BCUT2D eigenvalue weighted by Crippen LogP contribution is 1.99. The van der Waals surface area contributed by atoms with E-state index >= 15 is 0 Å². The van der Waals surface area contributed by atoms with Crippen molar-refractivity contribution in [2.45, 2.75) is 6.54 Å². The van der Waals surface area contributed by atoms with Crippen molar-refractivity contribution >= 4 is 12.0 Å². The van der Waals surface area contributed by atoms with E-state index in [1.54, 1.807) is 29.3 Å². The Kier molecular flexibility index (Phi) is 4.24. The van der Waals surface area contributed by atoms with Crippen molar-refractivity contribution < 1.29 is 9.53 Å². The van der Waals surface area contributed by atoms with Crippen LogP contribution in [0.15, 0.2) is 49.1 Å². The number of hydrogen-bond acceptors (Lipinski definition) is 4. The number of ether oxygens (including phenoxy) is 1. The molecule has 2 aromatic rings. The molecule has 0 aliphatic heterocycles. The van der Waals surface area contributed by atoms with Gasteiger partial charge in [0.1, 0.15) is 6.61 Å². The van der Waals surface area contributed by atoms with Crippen molar-refractivity contribution in [3.63, 3.8) is 0 Å². The number of rotatable bonds is 5. The first kappa shape index (κ1) is 12.0. The monoisotopic (exact) mass is 243 g/mol. The second kappa shape index (κ2) is 6.34. The quantitative estimate of drug-likeness (QED) is 0.590. The molecule has 0 N–H and O–H groups in total. The normalized spacial score (nSPS) is 10.7. The highest BCUT2D eigenvalue weighted by Gasteiger charge is 1.97. The number of nitrogens with zero attached hydrogens (tertiary/aromatic N) is 3. The lowest BCUT2D eigenvalue weighted by Crippen LogP contribution is -2.09. The van der Waals surface area contributed by atoms with Gasteiger partial charge in [-0.15, -0.1) is 0 Å². The van der Waals surface area contributed by atoms with Gasteiger partial charge in [-0.3, -0.25) is 9.67 Å². The molecule has 0 saturated carbocycles. The molecule has 0 fully saturated rings. The molecule has 0 aliphatic carbocycles. The van der Waals surface area contributed by atoms with Crippen LogP contribution in [0.1, 0.15) is 5.56 Å². The molecule has 0 bridgehead atoms. The summed E-state index contributed by atoms with van der Waals surface area (Å²) in [7, 11) is 0. The summed E-state index contributed by atoms with van der Waals surface area (Å²) in [5.41, 5.74) is 0.911. The van der Waals surface area contributed by atoms with E-state index in [-0.39, 0.29) is 5.97 Å². The highest BCUT2D eigenvalue weighted by atomic mass is 16.5. The minimum atomic E-state index is -0.362. The van der Waals surface area contributed by atoms with Crippen LogP contribution in [0.2, 0.25) is 0 Å². The summed E-state index contributed by atoms with van der Waals surface area (Å²) in [5.74, 6) is -0.362. The van der Waals surface area contributed by atoms with Gasteiger partial charge in [-0.1, -0.05) is 0 Å². The van der Waals surface area contributed by atoms with Crippen LogP contribution in [0.3, 0.4) is 0 Å². The summed E-state index contributed by atoms with van der Waals surface area (Å²) in [5, 5.41) is 4.01. The number of pyridine rings is 1. The van der Waals surface area contributed by atoms with Crippen LogP contribution >= 0.6 is 0 Å². The van der Waals surface area contributed by atoms with Crippen LogP contribution in [0.5, 0.6) is 0 Å². The summed E-state index contributed by atoms with van der Waals surface area (Å²) < 4.78 is 6.74. The van der Waals surface area contributed by atoms with Gasteiger partial charge in [0.25, 0.3) is 0 Å². The third-order valence-corrected chi connectivity index (χ3v) is 2.24. The van der Waals surface area contributed by atoms with E-state index in [2.05, 4.69) is 10.1 Å². The average molecular weight is 243 g/mol. The van der Waals surface area contributed by atoms with E-state index in [1.807, 2.05) is 24.4 Å². The predicted molar refractivity (Wildman–Crippen MR) is 66.5 cm³/mol. The molecule has 0 aromatic carbocycles. The second-order valence-corrected chi connectivity index (χ2v) is 3.55. The predicted octanol–water partition coefficient (Wildman–Crippen LogP) is 1.53. The maximum atomic E-state index is 11.4. The molecule has 2 rings (SSSR count). The van der Waals surface area contributed by atoms with Crippen LogP contribution in [0, 0.1) is 0 Å². The van der Waals surface area contributed by atoms with Crippen LogP contribution in [-0.4, -0.2) is 27.3 Å². The zero-order valence-electron chi connectivity index (χ0n) is 9.77. The molecule has 0 amide bonds. The molecule has 5 nitrogen and oxygen atoms in total.